The minimum absolute atomic E-state index is 0.0367. The van der Waals surface area contributed by atoms with Crippen molar-refractivity contribution in [2.45, 2.75) is 26.4 Å². The van der Waals surface area contributed by atoms with Gasteiger partial charge in [-0.1, -0.05) is 18.2 Å². The van der Waals surface area contributed by atoms with E-state index < -0.39 is 0 Å². The number of carbonyl (C=O) groups is 1. The Morgan fingerprint density at radius 2 is 2.12 bits per heavy atom. The van der Waals surface area contributed by atoms with Crippen LogP contribution in [0.1, 0.15) is 29.2 Å². The van der Waals surface area contributed by atoms with Crippen LogP contribution in [0.3, 0.4) is 0 Å². The van der Waals surface area contributed by atoms with Crippen molar-refractivity contribution in [1.29, 1.82) is 0 Å². The SMILES string of the molecule is Cc1ccsc1C[NH+](C)CC(=O)N[C@@H](C)c1cc2ccccc2o1. The first kappa shape index (κ1) is 16.7. The topological polar surface area (TPSA) is 46.7 Å². The van der Waals surface area contributed by atoms with Gasteiger partial charge in [-0.05, 0) is 43.0 Å². The number of hydrogen-bond donors (Lipinski definition) is 2. The van der Waals surface area contributed by atoms with Gasteiger partial charge in [0.05, 0.1) is 18.0 Å². The average molecular weight is 343 g/mol. The molecule has 24 heavy (non-hydrogen) atoms. The highest BCUT2D eigenvalue weighted by atomic mass is 32.1. The first-order chi connectivity index (χ1) is 11.5. The Labute approximate surface area is 146 Å². The largest absolute Gasteiger partial charge is 0.459 e. The van der Waals surface area contributed by atoms with Gasteiger partial charge in [0.15, 0.2) is 6.54 Å². The van der Waals surface area contributed by atoms with Crippen LogP contribution in [0.15, 0.2) is 46.2 Å². The third-order valence-electron chi connectivity index (χ3n) is 4.14. The number of thiophene rings is 1. The second kappa shape index (κ2) is 7.20. The highest BCUT2D eigenvalue weighted by Crippen LogP contribution is 2.23. The molecule has 0 spiro atoms. The van der Waals surface area contributed by atoms with Gasteiger partial charge in [0.1, 0.15) is 17.9 Å². The number of aryl methyl sites for hydroxylation is 1. The summed E-state index contributed by atoms with van der Waals surface area (Å²) in [5, 5.41) is 6.19. The molecular weight excluding hydrogens is 320 g/mol. The summed E-state index contributed by atoms with van der Waals surface area (Å²) in [6, 6.07) is 11.9. The predicted octanol–water partition coefficient (Wildman–Crippen LogP) is 2.69. The van der Waals surface area contributed by atoms with E-state index in [0.717, 1.165) is 23.3 Å². The van der Waals surface area contributed by atoms with Crippen LogP contribution in [-0.4, -0.2) is 19.5 Å². The van der Waals surface area contributed by atoms with Crippen molar-refractivity contribution in [3.05, 3.63) is 58.0 Å². The lowest BCUT2D eigenvalue weighted by Gasteiger charge is -2.16. The van der Waals surface area contributed by atoms with E-state index in [0.29, 0.717) is 6.54 Å². The maximum absolute atomic E-state index is 12.3. The Kier molecular flexibility index (Phi) is 5.02. The van der Waals surface area contributed by atoms with Gasteiger partial charge in [-0.25, -0.2) is 0 Å². The quantitative estimate of drug-likeness (QED) is 0.723. The zero-order valence-corrected chi connectivity index (χ0v) is 15.1. The van der Waals surface area contributed by atoms with Crippen LogP contribution < -0.4 is 10.2 Å². The lowest BCUT2D eigenvalue weighted by molar-refractivity contribution is -0.885. The van der Waals surface area contributed by atoms with Gasteiger partial charge in [-0.3, -0.25) is 4.79 Å². The minimum Gasteiger partial charge on any atom is -0.459 e. The van der Waals surface area contributed by atoms with E-state index in [2.05, 4.69) is 23.7 Å². The number of furan rings is 1. The predicted molar refractivity (Wildman–Crippen MR) is 97.3 cm³/mol. The van der Waals surface area contributed by atoms with Crippen LogP contribution in [-0.2, 0) is 11.3 Å². The Morgan fingerprint density at radius 1 is 1.33 bits per heavy atom. The van der Waals surface area contributed by atoms with Crippen molar-refractivity contribution < 1.29 is 14.1 Å². The van der Waals surface area contributed by atoms with Crippen LogP contribution in [0.25, 0.3) is 11.0 Å². The van der Waals surface area contributed by atoms with Gasteiger partial charge in [-0.15, -0.1) is 11.3 Å². The van der Waals surface area contributed by atoms with Crippen LogP contribution in [0.2, 0.25) is 0 Å². The number of para-hydroxylation sites is 1. The molecule has 1 amide bonds. The van der Waals surface area contributed by atoms with Gasteiger partial charge in [0, 0.05) is 5.39 Å². The molecular formula is C19H23N2O2S+. The summed E-state index contributed by atoms with van der Waals surface area (Å²) < 4.78 is 5.82. The third-order valence-corrected chi connectivity index (χ3v) is 5.16. The molecule has 3 aromatic rings. The van der Waals surface area contributed by atoms with Gasteiger partial charge in [-0.2, -0.15) is 0 Å². The maximum Gasteiger partial charge on any atom is 0.275 e. The van der Waals surface area contributed by atoms with Crippen molar-refractivity contribution in [2.24, 2.45) is 0 Å². The molecule has 4 nitrogen and oxygen atoms in total. The van der Waals surface area contributed by atoms with Crippen molar-refractivity contribution >= 4 is 28.2 Å². The van der Waals surface area contributed by atoms with Crippen molar-refractivity contribution in [2.75, 3.05) is 13.6 Å². The Morgan fingerprint density at radius 3 is 2.83 bits per heavy atom. The lowest BCUT2D eigenvalue weighted by Crippen LogP contribution is -3.08. The molecule has 2 N–H and O–H groups in total. The number of hydrogen-bond acceptors (Lipinski definition) is 3. The zero-order valence-electron chi connectivity index (χ0n) is 14.3. The van der Waals surface area contributed by atoms with Crippen LogP contribution >= 0.6 is 11.3 Å². The Balaban J connectivity index is 1.56. The summed E-state index contributed by atoms with van der Waals surface area (Å²) in [5.41, 5.74) is 2.15. The molecule has 0 saturated carbocycles. The first-order valence-electron chi connectivity index (χ1n) is 8.15. The Hall–Kier alpha value is -2.11. The number of amides is 1. The van der Waals surface area contributed by atoms with Crippen molar-refractivity contribution in [3.63, 3.8) is 0 Å². The molecule has 0 radical (unpaired) electrons. The fourth-order valence-electron chi connectivity index (χ4n) is 2.78. The van der Waals surface area contributed by atoms with Gasteiger partial charge in [0.25, 0.3) is 5.91 Å². The number of quaternary nitrogens is 1. The molecule has 1 aromatic carbocycles. The first-order valence-corrected chi connectivity index (χ1v) is 9.03. The van der Waals surface area contributed by atoms with Crippen molar-refractivity contribution in [1.82, 2.24) is 5.32 Å². The smallest absolute Gasteiger partial charge is 0.275 e. The summed E-state index contributed by atoms with van der Waals surface area (Å²) in [5.74, 6) is 0.825. The molecule has 0 aliphatic rings. The molecule has 0 aliphatic heterocycles. The lowest BCUT2D eigenvalue weighted by atomic mass is 10.2. The minimum atomic E-state index is -0.138. The molecule has 2 atom stereocenters. The second-order valence-electron chi connectivity index (χ2n) is 6.31. The molecule has 0 fully saturated rings. The molecule has 5 heteroatoms. The standard InChI is InChI=1S/C19H22N2O2S/c1-13-8-9-24-18(13)11-21(3)12-19(22)20-14(2)17-10-15-6-4-5-7-16(15)23-17/h4-10,14H,11-12H2,1-3H3,(H,20,22)/p+1/t14-/m0/s1. The molecule has 0 aliphatic carbocycles. The normalized spacial score (nSPS) is 13.8. The fraction of sp³-hybridized carbons (Fsp3) is 0.316. The second-order valence-corrected chi connectivity index (χ2v) is 7.31. The number of likely N-dealkylation sites (N-methyl/N-ethyl adjacent to an activating group) is 1. The monoisotopic (exact) mass is 343 g/mol. The van der Waals surface area contributed by atoms with E-state index in [4.69, 9.17) is 4.42 Å². The van der Waals surface area contributed by atoms with Crippen LogP contribution in [0.4, 0.5) is 0 Å². The van der Waals surface area contributed by atoms with Crippen LogP contribution in [0, 0.1) is 6.92 Å². The number of carbonyl (C=O) groups excluding carboxylic acids is 1. The highest BCUT2D eigenvalue weighted by Gasteiger charge is 2.17. The van der Waals surface area contributed by atoms with Crippen LogP contribution in [0.5, 0.6) is 0 Å². The summed E-state index contributed by atoms with van der Waals surface area (Å²) >= 11 is 1.75. The number of fused-ring (bicyclic) bond motifs is 1. The van der Waals surface area contributed by atoms with E-state index >= 15 is 0 Å². The van der Waals surface area contributed by atoms with E-state index in [-0.39, 0.29) is 11.9 Å². The van der Waals surface area contributed by atoms with Gasteiger partial charge < -0.3 is 14.6 Å². The molecule has 126 valence electrons. The van der Waals surface area contributed by atoms with Gasteiger partial charge in [0.2, 0.25) is 0 Å². The summed E-state index contributed by atoms with van der Waals surface area (Å²) in [6.07, 6.45) is 0. The van der Waals surface area contributed by atoms with Crippen molar-refractivity contribution in [3.8, 4) is 0 Å². The number of benzene rings is 1. The molecule has 3 rings (SSSR count). The molecule has 1 unspecified atom stereocenters. The molecule has 0 bridgehead atoms. The third kappa shape index (κ3) is 3.86. The summed E-state index contributed by atoms with van der Waals surface area (Å²) in [4.78, 5) is 14.8. The summed E-state index contributed by atoms with van der Waals surface area (Å²) in [7, 11) is 2.05. The fourth-order valence-corrected chi connectivity index (χ4v) is 3.80. The summed E-state index contributed by atoms with van der Waals surface area (Å²) in [6.45, 7) is 5.38. The van der Waals surface area contributed by atoms with E-state index in [9.17, 15) is 4.79 Å². The molecule has 2 aromatic heterocycles. The zero-order chi connectivity index (χ0) is 17.1. The molecule has 0 saturated heterocycles. The highest BCUT2D eigenvalue weighted by molar-refractivity contribution is 7.10. The number of nitrogens with one attached hydrogen (secondary N) is 2. The average Bonchev–Trinajstić information content (AvgIpc) is 3.13. The van der Waals surface area contributed by atoms with E-state index in [1.165, 1.54) is 15.3 Å². The Bertz CT molecular complexity index is 804. The maximum atomic E-state index is 12.3. The number of rotatable bonds is 6. The van der Waals surface area contributed by atoms with E-state index in [1.54, 1.807) is 11.3 Å². The van der Waals surface area contributed by atoms with Gasteiger partial charge >= 0.3 is 0 Å². The molecule has 2 heterocycles. The van der Waals surface area contributed by atoms with E-state index in [1.807, 2.05) is 44.3 Å².